The van der Waals surface area contributed by atoms with Crippen LogP contribution in [0.1, 0.15) is 31.9 Å². The first-order valence-corrected chi connectivity index (χ1v) is 5.88. The molecule has 2 unspecified atom stereocenters. The Labute approximate surface area is 87.7 Å². The second-order valence-electron chi connectivity index (χ2n) is 4.15. The topological polar surface area (TPSA) is 42.9 Å². The first kappa shape index (κ1) is 9.77. The van der Waals surface area contributed by atoms with Gasteiger partial charge in [-0.2, -0.15) is 0 Å². The van der Waals surface area contributed by atoms with Gasteiger partial charge >= 0.3 is 0 Å². The highest BCUT2D eigenvalue weighted by molar-refractivity contribution is 7.03. The summed E-state index contributed by atoms with van der Waals surface area (Å²) in [5, 5.41) is 5.75. The second kappa shape index (κ2) is 4.17. The molecule has 2 rings (SSSR count). The molecule has 76 valence electrons. The predicted molar refractivity (Wildman–Crippen MR) is 55.1 cm³/mol. The van der Waals surface area contributed by atoms with E-state index in [0.29, 0.717) is 12.2 Å². The maximum atomic E-state index is 11.8. The minimum atomic E-state index is 0.284. The van der Waals surface area contributed by atoms with Crippen molar-refractivity contribution in [1.82, 2.24) is 9.59 Å². The van der Waals surface area contributed by atoms with Crippen molar-refractivity contribution in [2.45, 2.75) is 32.6 Å². The van der Waals surface area contributed by atoms with E-state index in [2.05, 4.69) is 16.5 Å². The van der Waals surface area contributed by atoms with Gasteiger partial charge in [-0.15, -0.1) is 5.10 Å². The monoisotopic (exact) mass is 210 g/mol. The average molecular weight is 210 g/mol. The molecule has 0 aliphatic heterocycles. The molecule has 1 aromatic heterocycles. The first-order valence-electron chi connectivity index (χ1n) is 5.04. The second-order valence-corrected chi connectivity index (χ2v) is 4.76. The van der Waals surface area contributed by atoms with E-state index in [1.807, 2.05) is 5.38 Å². The summed E-state index contributed by atoms with van der Waals surface area (Å²) in [5.74, 6) is 1.35. The molecule has 0 aromatic carbocycles. The summed E-state index contributed by atoms with van der Waals surface area (Å²) in [5.41, 5.74) is 0.833. The van der Waals surface area contributed by atoms with E-state index < -0.39 is 0 Å². The molecular weight excluding hydrogens is 196 g/mol. The molecule has 0 bridgehead atoms. The Balaban J connectivity index is 1.90. The van der Waals surface area contributed by atoms with Crippen LogP contribution in [0.25, 0.3) is 0 Å². The Bertz CT molecular complexity index is 310. The quantitative estimate of drug-likeness (QED) is 0.767. The third-order valence-corrected chi connectivity index (χ3v) is 3.46. The van der Waals surface area contributed by atoms with Gasteiger partial charge in [-0.1, -0.05) is 11.4 Å². The maximum Gasteiger partial charge on any atom is 0.142 e. The smallest absolute Gasteiger partial charge is 0.142 e. The molecule has 0 radical (unpaired) electrons. The summed E-state index contributed by atoms with van der Waals surface area (Å²) in [6, 6.07) is 0. The highest BCUT2D eigenvalue weighted by atomic mass is 32.1. The highest BCUT2D eigenvalue weighted by Gasteiger charge is 2.27. The lowest BCUT2D eigenvalue weighted by Gasteiger charge is -2.06. The minimum absolute atomic E-state index is 0.284. The van der Waals surface area contributed by atoms with E-state index in [1.165, 1.54) is 18.0 Å². The van der Waals surface area contributed by atoms with Crippen LogP contribution >= 0.6 is 11.5 Å². The van der Waals surface area contributed by atoms with Crippen molar-refractivity contribution in [3.8, 4) is 0 Å². The van der Waals surface area contributed by atoms with Crippen LogP contribution in [-0.4, -0.2) is 15.4 Å². The normalized spacial score (nSPS) is 26.6. The van der Waals surface area contributed by atoms with Crippen molar-refractivity contribution < 1.29 is 4.79 Å². The molecule has 4 heteroatoms. The molecule has 0 saturated heterocycles. The predicted octanol–water partition coefficient (Wildman–Crippen LogP) is 2.09. The molecule has 1 aliphatic carbocycles. The molecular formula is C10H14N2OS. The number of carbonyl (C=O) groups excluding carboxylic acids is 1. The number of nitrogens with zero attached hydrogens (tertiary/aromatic N) is 2. The van der Waals surface area contributed by atoms with Crippen LogP contribution in [0, 0.1) is 11.8 Å². The Hall–Kier alpha value is -0.770. The van der Waals surface area contributed by atoms with Crippen LogP contribution in [0.5, 0.6) is 0 Å². The van der Waals surface area contributed by atoms with E-state index in [1.54, 1.807) is 0 Å². The molecule has 1 heterocycles. The Morgan fingerprint density at radius 3 is 3.07 bits per heavy atom. The Kier molecular flexibility index (Phi) is 2.91. The fourth-order valence-corrected chi connectivity index (χ4v) is 2.53. The molecule has 1 saturated carbocycles. The average Bonchev–Trinajstić information content (AvgIpc) is 2.75. The zero-order valence-electron chi connectivity index (χ0n) is 8.27. The lowest BCUT2D eigenvalue weighted by Crippen LogP contribution is -2.14. The number of aromatic nitrogens is 2. The summed E-state index contributed by atoms with van der Waals surface area (Å²) < 4.78 is 3.76. The van der Waals surface area contributed by atoms with Crippen molar-refractivity contribution in [3.63, 3.8) is 0 Å². The van der Waals surface area contributed by atoms with E-state index in [9.17, 15) is 4.79 Å². The summed E-state index contributed by atoms with van der Waals surface area (Å²) in [7, 11) is 0. The molecule has 1 fully saturated rings. The molecule has 0 amide bonds. The van der Waals surface area contributed by atoms with Gasteiger partial charge < -0.3 is 0 Å². The molecule has 0 N–H and O–H groups in total. The van der Waals surface area contributed by atoms with Crippen molar-refractivity contribution in [1.29, 1.82) is 0 Å². The number of carbonyl (C=O) groups is 1. The molecule has 2 atom stereocenters. The largest absolute Gasteiger partial charge is 0.299 e. The van der Waals surface area contributed by atoms with Crippen molar-refractivity contribution in [2.24, 2.45) is 11.8 Å². The van der Waals surface area contributed by atoms with Gasteiger partial charge in [-0.3, -0.25) is 4.79 Å². The van der Waals surface area contributed by atoms with Gasteiger partial charge in [0, 0.05) is 11.3 Å². The Morgan fingerprint density at radius 2 is 2.50 bits per heavy atom. The van der Waals surface area contributed by atoms with E-state index in [0.717, 1.165) is 24.5 Å². The van der Waals surface area contributed by atoms with Crippen LogP contribution < -0.4 is 0 Å². The van der Waals surface area contributed by atoms with Gasteiger partial charge in [0.1, 0.15) is 5.78 Å². The summed E-state index contributed by atoms with van der Waals surface area (Å²) >= 11 is 1.31. The molecule has 1 aliphatic rings. The SMILES string of the molecule is CC1CCC(C(=O)Cc2csnn2)C1. The lowest BCUT2D eigenvalue weighted by molar-refractivity contribution is -0.122. The first-order chi connectivity index (χ1) is 6.75. The lowest BCUT2D eigenvalue weighted by atomic mass is 9.98. The fourth-order valence-electron chi connectivity index (χ4n) is 2.08. The van der Waals surface area contributed by atoms with Gasteiger partial charge in [0.05, 0.1) is 12.1 Å². The molecule has 3 nitrogen and oxygen atoms in total. The van der Waals surface area contributed by atoms with Gasteiger partial charge in [-0.05, 0) is 36.7 Å². The van der Waals surface area contributed by atoms with E-state index in [4.69, 9.17) is 0 Å². The number of rotatable bonds is 3. The summed E-state index contributed by atoms with van der Waals surface area (Å²) in [6.07, 6.45) is 3.81. The van der Waals surface area contributed by atoms with Gasteiger partial charge in [0.2, 0.25) is 0 Å². The van der Waals surface area contributed by atoms with Crippen LogP contribution in [0.15, 0.2) is 5.38 Å². The van der Waals surface area contributed by atoms with Crippen LogP contribution in [-0.2, 0) is 11.2 Å². The molecule has 14 heavy (non-hydrogen) atoms. The molecule has 0 spiro atoms. The van der Waals surface area contributed by atoms with Crippen LogP contribution in [0.4, 0.5) is 0 Å². The van der Waals surface area contributed by atoms with Gasteiger partial charge in [0.15, 0.2) is 0 Å². The molecule has 1 aromatic rings. The maximum absolute atomic E-state index is 11.8. The summed E-state index contributed by atoms with van der Waals surface area (Å²) in [4.78, 5) is 11.8. The minimum Gasteiger partial charge on any atom is -0.299 e. The van der Waals surface area contributed by atoms with Crippen molar-refractivity contribution in [3.05, 3.63) is 11.1 Å². The Morgan fingerprint density at radius 1 is 1.64 bits per heavy atom. The third-order valence-electron chi connectivity index (χ3n) is 2.91. The van der Waals surface area contributed by atoms with Crippen LogP contribution in [0.3, 0.4) is 0 Å². The zero-order chi connectivity index (χ0) is 9.97. The van der Waals surface area contributed by atoms with Gasteiger partial charge in [0.25, 0.3) is 0 Å². The highest BCUT2D eigenvalue weighted by Crippen LogP contribution is 2.31. The number of hydrogen-bond acceptors (Lipinski definition) is 4. The van der Waals surface area contributed by atoms with Gasteiger partial charge in [-0.25, -0.2) is 0 Å². The van der Waals surface area contributed by atoms with Crippen molar-refractivity contribution in [2.75, 3.05) is 0 Å². The van der Waals surface area contributed by atoms with Crippen LogP contribution in [0.2, 0.25) is 0 Å². The fraction of sp³-hybridized carbons (Fsp3) is 0.700. The summed E-state index contributed by atoms with van der Waals surface area (Å²) in [6.45, 7) is 2.22. The zero-order valence-corrected chi connectivity index (χ0v) is 9.09. The number of Topliss-reactive ketones (excluding diaryl/α,β-unsaturated/α-hetero) is 1. The van der Waals surface area contributed by atoms with Crippen molar-refractivity contribution >= 4 is 17.3 Å². The third kappa shape index (κ3) is 2.18. The van der Waals surface area contributed by atoms with E-state index >= 15 is 0 Å². The number of hydrogen-bond donors (Lipinski definition) is 0. The number of ketones is 1. The standard InChI is InChI=1S/C10H14N2OS/c1-7-2-3-8(4-7)10(13)5-9-6-14-12-11-9/h6-8H,2-5H2,1H3. The van der Waals surface area contributed by atoms with E-state index in [-0.39, 0.29) is 5.92 Å².